The Morgan fingerprint density at radius 2 is 1.62 bits per heavy atom. The summed E-state index contributed by atoms with van der Waals surface area (Å²) in [5.41, 5.74) is 8.36. The average Bonchev–Trinajstić information content (AvgIpc) is 3.05. The summed E-state index contributed by atoms with van der Waals surface area (Å²) >= 11 is 0. The molecule has 34 heavy (non-hydrogen) atoms. The van der Waals surface area contributed by atoms with E-state index in [1.165, 1.54) is 0 Å². The second-order valence-electron chi connectivity index (χ2n) is 9.82. The Bertz CT molecular complexity index is 977. The van der Waals surface area contributed by atoms with Crippen LogP contribution in [0.5, 0.6) is 0 Å². The summed E-state index contributed by atoms with van der Waals surface area (Å²) in [4.78, 5) is 4.43. The number of morpholine rings is 1. The molecule has 0 radical (unpaired) electrons. The van der Waals surface area contributed by atoms with Crippen LogP contribution in [-0.4, -0.2) is 43.3 Å². The molecule has 5 rings (SSSR count). The van der Waals surface area contributed by atoms with Gasteiger partial charge in [-0.3, -0.25) is 4.90 Å². The number of piperidine rings is 1. The monoisotopic (exact) mass is 477 g/mol. The summed E-state index contributed by atoms with van der Waals surface area (Å²) in [6.07, 6.45) is -0.333. The van der Waals surface area contributed by atoms with Gasteiger partial charge in [-0.1, -0.05) is 18.2 Å². The highest BCUT2D eigenvalue weighted by molar-refractivity contribution is 5.50. The number of nitrogens with zero attached hydrogens (tertiary/aromatic N) is 2. The molecule has 3 fully saturated rings. The fourth-order valence-electron chi connectivity index (χ4n) is 5.94. The molecule has 3 aliphatic heterocycles. The number of halogens is 4. The lowest BCUT2D eigenvalue weighted by atomic mass is 9.82. The minimum Gasteiger partial charge on any atom is -0.378 e. The summed E-state index contributed by atoms with van der Waals surface area (Å²) in [7, 11) is 0. The topological polar surface area (TPSA) is 41.7 Å². The molecule has 0 aromatic heterocycles. The highest BCUT2D eigenvalue weighted by Gasteiger charge is 2.42. The second kappa shape index (κ2) is 9.47. The average molecular weight is 478 g/mol. The molecule has 0 saturated carbocycles. The van der Waals surface area contributed by atoms with Gasteiger partial charge in [0.05, 0.1) is 24.5 Å². The molecule has 8 heteroatoms. The lowest BCUT2D eigenvalue weighted by Gasteiger charge is -2.41. The van der Waals surface area contributed by atoms with E-state index in [2.05, 4.69) is 4.90 Å². The first-order valence-corrected chi connectivity index (χ1v) is 12.1. The van der Waals surface area contributed by atoms with E-state index in [-0.39, 0.29) is 17.8 Å². The first-order chi connectivity index (χ1) is 16.3. The predicted octanol–water partition coefficient (Wildman–Crippen LogP) is 5.12. The fraction of sp³-hybridized carbons (Fsp3) is 0.538. The SMILES string of the molecule is NC(c1ccc(N2CCOCC2)c(F)c1)C1CC2CCC(C1)N2Cc1ccc(C(F)(F)F)cc1. The molecule has 4 nitrogen and oxygen atoms in total. The van der Waals surface area contributed by atoms with Crippen molar-refractivity contribution in [2.75, 3.05) is 31.2 Å². The van der Waals surface area contributed by atoms with E-state index >= 15 is 0 Å². The number of nitrogens with two attached hydrogens (primary N) is 1. The molecule has 2 aromatic rings. The van der Waals surface area contributed by atoms with Gasteiger partial charge in [0.15, 0.2) is 0 Å². The van der Waals surface area contributed by atoms with Crippen molar-refractivity contribution in [1.82, 2.24) is 4.90 Å². The van der Waals surface area contributed by atoms with Crippen LogP contribution in [0.2, 0.25) is 0 Å². The third kappa shape index (κ3) is 4.81. The van der Waals surface area contributed by atoms with Gasteiger partial charge >= 0.3 is 6.18 Å². The molecular weight excluding hydrogens is 446 g/mol. The summed E-state index contributed by atoms with van der Waals surface area (Å²) in [6.45, 7) is 3.23. The molecule has 2 aromatic carbocycles. The van der Waals surface area contributed by atoms with Gasteiger partial charge < -0.3 is 15.4 Å². The number of ether oxygens (including phenoxy) is 1. The number of anilines is 1. The van der Waals surface area contributed by atoms with Crippen molar-refractivity contribution in [1.29, 1.82) is 0 Å². The van der Waals surface area contributed by atoms with Crippen molar-refractivity contribution < 1.29 is 22.3 Å². The summed E-state index contributed by atoms with van der Waals surface area (Å²) in [6, 6.07) is 11.3. The van der Waals surface area contributed by atoms with Gasteiger partial charge in [0.1, 0.15) is 5.82 Å². The highest BCUT2D eigenvalue weighted by Crippen LogP contribution is 2.44. The van der Waals surface area contributed by atoms with Crippen LogP contribution in [-0.2, 0) is 17.5 Å². The number of fused-ring (bicyclic) bond motifs is 2. The Morgan fingerprint density at radius 1 is 0.971 bits per heavy atom. The quantitative estimate of drug-likeness (QED) is 0.607. The Morgan fingerprint density at radius 3 is 2.21 bits per heavy atom. The second-order valence-corrected chi connectivity index (χ2v) is 9.82. The van der Waals surface area contributed by atoms with Crippen LogP contribution in [0, 0.1) is 11.7 Å². The zero-order valence-corrected chi connectivity index (χ0v) is 19.1. The maximum absolute atomic E-state index is 14.9. The third-order valence-electron chi connectivity index (χ3n) is 7.78. The standard InChI is InChI=1S/C26H31F4N3O/c27-23-15-18(3-8-24(23)32-9-11-34-12-10-32)25(31)19-13-21-6-7-22(14-19)33(21)16-17-1-4-20(5-2-17)26(28,29)30/h1-5,8,15,19,21-22,25H,6-7,9-14,16,31H2. The van der Waals surface area contributed by atoms with E-state index in [9.17, 15) is 17.6 Å². The Kier molecular flexibility index (Phi) is 6.57. The number of alkyl halides is 3. The summed E-state index contributed by atoms with van der Waals surface area (Å²) in [5.74, 6) is 0.0209. The van der Waals surface area contributed by atoms with E-state index in [0.29, 0.717) is 50.6 Å². The smallest absolute Gasteiger partial charge is 0.378 e. The Balaban J connectivity index is 1.23. The summed E-state index contributed by atoms with van der Waals surface area (Å²) in [5, 5.41) is 0. The molecule has 0 spiro atoms. The Hall–Kier alpha value is -2.16. The maximum Gasteiger partial charge on any atom is 0.416 e. The normalized spacial score (nSPS) is 26.6. The largest absolute Gasteiger partial charge is 0.416 e. The van der Waals surface area contributed by atoms with Crippen LogP contribution in [0.25, 0.3) is 0 Å². The molecule has 0 aliphatic carbocycles. The number of benzene rings is 2. The van der Waals surface area contributed by atoms with Gasteiger partial charge in [-0.15, -0.1) is 0 Å². The van der Waals surface area contributed by atoms with Crippen molar-refractivity contribution in [2.45, 2.75) is 56.5 Å². The first-order valence-electron chi connectivity index (χ1n) is 12.1. The molecule has 184 valence electrons. The molecule has 3 heterocycles. The minimum absolute atomic E-state index is 0.232. The van der Waals surface area contributed by atoms with Gasteiger partial charge in [-0.05, 0) is 67.0 Å². The molecule has 2 N–H and O–H groups in total. The zero-order chi connectivity index (χ0) is 23.9. The summed E-state index contributed by atoms with van der Waals surface area (Å²) < 4.78 is 58.9. The van der Waals surface area contributed by atoms with E-state index < -0.39 is 11.7 Å². The van der Waals surface area contributed by atoms with Crippen molar-refractivity contribution in [3.05, 3.63) is 65.0 Å². The highest BCUT2D eigenvalue weighted by atomic mass is 19.4. The number of rotatable bonds is 5. The minimum atomic E-state index is -4.31. The van der Waals surface area contributed by atoms with Gasteiger partial charge in [0, 0.05) is 37.8 Å². The van der Waals surface area contributed by atoms with E-state index in [4.69, 9.17) is 10.5 Å². The van der Waals surface area contributed by atoms with Crippen molar-refractivity contribution in [2.24, 2.45) is 11.7 Å². The van der Waals surface area contributed by atoms with Crippen LogP contribution < -0.4 is 10.6 Å². The van der Waals surface area contributed by atoms with Crippen LogP contribution in [0.3, 0.4) is 0 Å². The number of hydrogen-bond donors (Lipinski definition) is 1. The lowest BCUT2D eigenvalue weighted by Crippen LogP contribution is -2.44. The zero-order valence-electron chi connectivity index (χ0n) is 19.1. The van der Waals surface area contributed by atoms with Crippen LogP contribution >= 0.6 is 0 Å². The van der Waals surface area contributed by atoms with Crippen LogP contribution in [0.15, 0.2) is 42.5 Å². The van der Waals surface area contributed by atoms with Crippen molar-refractivity contribution in [3.8, 4) is 0 Å². The molecule has 3 unspecified atom stereocenters. The van der Waals surface area contributed by atoms with E-state index in [0.717, 1.165) is 48.9 Å². The molecule has 2 bridgehead atoms. The molecular formula is C26H31F4N3O. The van der Waals surface area contributed by atoms with Crippen molar-refractivity contribution >= 4 is 5.69 Å². The van der Waals surface area contributed by atoms with Crippen LogP contribution in [0.1, 0.15) is 48.4 Å². The molecule has 3 saturated heterocycles. The lowest BCUT2D eigenvalue weighted by molar-refractivity contribution is -0.137. The van der Waals surface area contributed by atoms with Gasteiger partial charge in [0.2, 0.25) is 0 Å². The van der Waals surface area contributed by atoms with Gasteiger partial charge in [-0.25, -0.2) is 4.39 Å². The Labute approximate surface area is 197 Å². The first kappa shape index (κ1) is 23.6. The van der Waals surface area contributed by atoms with E-state index in [1.54, 1.807) is 18.2 Å². The van der Waals surface area contributed by atoms with E-state index in [1.807, 2.05) is 17.0 Å². The third-order valence-corrected chi connectivity index (χ3v) is 7.78. The maximum atomic E-state index is 14.9. The number of hydrogen-bond acceptors (Lipinski definition) is 4. The molecule has 3 atom stereocenters. The molecule has 3 aliphatic rings. The van der Waals surface area contributed by atoms with Gasteiger partial charge in [-0.2, -0.15) is 13.2 Å². The fourth-order valence-corrected chi connectivity index (χ4v) is 5.94. The predicted molar refractivity (Wildman–Crippen MR) is 123 cm³/mol. The molecule has 0 amide bonds. The van der Waals surface area contributed by atoms with Gasteiger partial charge in [0.25, 0.3) is 0 Å². The van der Waals surface area contributed by atoms with Crippen molar-refractivity contribution in [3.63, 3.8) is 0 Å². The van der Waals surface area contributed by atoms with Crippen LogP contribution in [0.4, 0.5) is 23.2 Å².